The molecule has 9 nitrogen and oxygen atoms in total. The summed E-state index contributed by atoms with van der Waals surface area (Å²) in [5.41, 5.74) is 1.16. The Morgan fingerprint density at radius 1 is 0.892 bits per heavy atom. The largest absolute Gasteiger partial charge is 0.484 e. The fourth-order valence-electron chi connectivity index (χ4n) is 4.42. The Bertz CT molecular complexity index is 1100. The highest BCUT2D eigenvalue weighted by Crippen LogP contribution is 2.33. The molecule has 2 aliphatic heterocycles. The second kappa shape index (κ2) is 13.1. The zero-order valence-electron chi connectivity index (χ0n) is 20.5. The Balaban J connectivity index is 1.03. The molecule has 1 unspecified atom stereocenters. The number of ether oxygens (including phenoxy) is 1. The molecule has 0 radical (unpaired) electrons. The summed E-state index contributed by atoms with van der Waals surface area (Å²) in [6.45, 7) is 0.505. The van der Waals surface area contributed by atoms with Crippen LogP contribution in [0.25, 0.3) is 0 Å². The minimum absolute atomic E-state index is 0.0385. The average Bonchev–Trinajstić information content (AvgIpc) is 3.47. The van der Waals surface area contributed by atoms with Gasteiger partial charge in [0.05, 0.1) is 12.1 Å². The molecule has 196 valence electrons. The van der Waals surface area contributed by atoms with Gasteiger partial charge in [0.15, 0.2) is 12.4 Å². The number of urea groups is 1. The lowest BCUT2D eigenvalue weighted by Crippen LogP contribution is -2.37. The molecule has 0 aromatic heterocycles. The lowest BCUT2D eigenvalue weighted by Gasteiger charge is -2.16. The summed E-state index contributed by atoms with van der Waals surface area (Å²) in [6.07, 6.45) is 3.14. The minimum Gasteiger partial charge on any atom is -0.484 e. The molecule has 4 rings (SSSR count). The van der Waals surface area contributed by atoms with Gasteiger partial charge in [0.25, 0.3) is 5.91 Å². The summed E-state index contributed by atoms with van der Waals surface area (Å²) in [7, 11) is 0. The predicted molar refractivity (Wildman–Crippen MR) is 142 cm³/mol. The van der Waals surface area contributed by atoms with Crippen LogP contribution in [0.3, 0.4) is 0 Å². The van der Waals surface area contributed by atoms with Gasteiger partial charge in [-0.3, -0.25) is 14.4 Å². The smallest absolute Gasteiger partial charge is 0.315 e. The quantitative estimate of drug-likeness (QED) is 0.181. The van der Waals surface area contributed by atoms with Crippen LogP contribution in [0.15, 0.2) is 54.6 Å². The first kappa shape index (κ1) is 26.5. The molecular formula is C27H32N4O5S. The van der Waals surface area contributed by atoms with Crippen LogP contribution in [0, 0.1) is 0 Å². The fourth-order valence-corrected chi connectivity index (χ4v) is 5.97. The summed E-state index contributed by atoms with van der Waals surface area (Å²) in [5.74, 6) is 1.02. The standard InChI is InChI=1S/C27H32N4O5S/c32-23(9-5-4-8-22-25-21(17-37-22)30-27(35)31-25)28-14-15-29-24(33)16-36-20-12-10-19(11-13-20)26(34)18-6-2-1-3-7-18/h1-3,6-7,10-13,21-22,25H,4-5,8-9,14-17H2,(H,28,32)(H,29,33)(H2,30,31,35)/t21-,22?,25-/m1/s1. The van der Waals surface area contributed by atoms with Crippen LogP contribution in [0.4, 0.5) is 4.79 Å². The van der Waals surface area contributed by atoms with Crippen molar-refractivity contribution in [2.45, 2.75) is 43.0 Å². The molecule has 0 aliphatic carbocycles. The molecule has 4 amide bonds. The van der Waals surface area contributed by atoms with Gasteiger partial charge < -0.3 is 26.0 Å². The van der Waals surface area contributed by atoms with Crippen LogP contribution < -0.4 is 26.0 Å². The van der Waals surface area contributed by atoms with Crippen molar-refractivity contribution in [3.8, 4) is 5.75 Å². The van der Waals surface area contributed by atoms with E-state index < -0.39 is 0 Å². The van der Waals surface area contributed by atoms with Crippen LogP contribution in [0.1, 0.15) is 41.6 Å². The SMILES string of the molecule is O=C(CCCCC1SC[C@H]2NC(=O)N[C@@H]12)NCCNC(=O)COc1ccc(C(=O)c2ccccc2)cc1. The van der Waals surface area contributed by atoms with Crippen molar-refractivity contribution in [1.29, 1.82) is 0 Å². The van der Waals surface area contributed by atoms with Crippen molar-refractivity contribution < 1.29 is 23.9 Å². The number of thioether (sulfide) groups is 1. The predicted octanol–water partition coefficient (Wildman–Crippen LogP) is 2.25. The lowest BCUT2D eigenvalue weighted by atomic mass is 10.0. The monoisotopic (exact) mass is 524 g/mol. The maximum Gasteiger partial charge on any atom is 0.315 e. The number of fused-ring (bicyclic) bond motifs is 1. The number of carbonyl (C=O) groups is 4. The molecule has 37 heavy (non-hydrogen) atoms. The number of hydrogen-bond acceptors (Lipinski definition) is 6. The summed E-state index contributed by atoms with van der Waals surface area (Å²) in [6, 6.07) is 16.0. The van der Waals surface area contributed by atoms with E-state index in [1.165, 1.54) is 0 Å². The van der Waals surface area contributed by atoms with Crippen molar-refractivity contribution in [3.05, 3.63) is 65.7 Å². The molecular weight excluding hydrogens is 492 g/mol. The molecule has 4 N–H and O–H groups in total. The third kappa shape index (κ3) is 7.72. The number of nitrogens with one attached hydrogen (secondary N) is 4. The van der Waals surface area contributed by atoms with Gasteiger partial charge in [0.2, 0.25) is 5.91 Å². The molecule has 2 heterocycles. The lowest BCUT2D eigenvalue weighted by molar-refractivity contribution is -0.124. The first-order chi connectivity index (χ1) is 18.0. The van der Waals surface area contributed by atoms with E-state index in [9.17, 15) is 19.2 Å². The Morgan fingerprint density at radius 2 is 1.59 bits per heavy atom. The number of rotatable bonds is 13. The van der Waals surface area contributed by atoms with Gasteiger partial charge >= 0.3 is 6.03 Å². The van der Waals surface area contributed by atoms with Gasteiger partial charge in [-0.15, -0.1) is 0 Å². The van der Waals surface area contributed by atoms with E-state index in [0.717, 1.165) is 25.0 Å². The van der Waals surface area contributed by atoms with E-state index in [4.69, 9.17) is 4.74 Å². The van der Waals surface area contributed by atoms with Crippen molar-refractivity contribution in [1.82, 2.24) is 21.3 Å². The van der Waals surface area contributed by atoms with Crippen molar-refractivity contribution in [2.75, 3.05) is 25.4 Å². The number of carbonyl (C=O) groups excluding carboxylic acids is 4. The summed E-state index contributed by atoms with van der Waals surface area (Å²) in [5, 5.41) is 11.8. The molecule has 0 bridgehead atoms. The van der Waals surface area contributed by atoms with Crippen LogP contribution in [0.5, 0.6) is 5.75 Å². The first-order valence-electron chi connectivity index (χ1n) is 12.5. The van der Waals surface area contributed by atoms with E-state index >= 15 is 0 Å². The van der Waals surface area contributed by atoms with Crippen LogP contribution in [-0.4, -0.2) is 66.4 Å². The normalized spacial score (nSPS) is 19.9. The zero-order valence-corrected chi connectivity index (χ0v) is 21.4. The molecule has 2 fully saturated rings. The highest BCUT2D eigenvalue weighted by atomic mass is 32.2. The van der Waals surface area contributed by atoms with E-state index in [1.54, 1.807) is 36.4 Å². The van der Waals surface area contributed by atoms with Crippen LogP contribution >= 0.6 is 11.8 Å². The Hall–Kier alpha value is -3.53. The number of ketones is 1. The van der Waals surface area contributed by atoms with Gasteiger partial charge in [-0.25, -0.2) is 4.79 Å². The van der Waals surface area contributed by atoms with Crippen LogP contribution in [0.2, 0.25) is 0 Å². The molecule has 2 aliphatic rings. The number of amides is 4. The maximum atomic E-state index is 12.4. The summed E-state index contributed by atoms with van der Waals surface area (Å²) in [4.78, 5) is 47.9. The van der Waals surface area contributed by atoms with E-state index in [0.29, 0.717) is 41.6 Å². The topological polar surface area (TPSA) is 126 Å². The third-order valence-electron chi connectivity index (χ3n) is 6.37. The van der Waals surface area contributed by atoms with Crippen molar-refractivity contribution in [2.24, 2.45) is 0 Å². The molecule has 2 aromatic carbocycles. The number of unbranched alkanes of at least 4 members (excludes halogenated alkanes) is 1. The number of hydrogen-bond donors (Lipinski definition) is 4. The van der Waals surface area contributed by atoms with Gasteiger partial charge in [-0.2, -0.15) is 11.8 Å². The third-order valence-corrected chi connectivity index (χ3v) is 7.88. The highest BCUT2D eigenvalue weighted by Gasteiger charge is 2.42. The molecule has 10 heteroatoms. The van der Waals surface area contributed by atoms with Gasteiger partial charge in [-0.1, -0.05) is 36.8 Å². The maximum absolute atomic E-state index is 12.4. The molecule has 0 spiro atoms. The van der Waals surface area contributed by atoms with Gasteiger partial charge in [0, 0.05) is 41.6 Å². The fraction of sp³-hybridized carbons (Fsp3) is 0.407. The molecule has 2 saturated heterocycles. The molecule has 2 aromatic rings. The molecule has 3 atom stereocenters. The number of benzene rings is 2. The van der Waals surface area contributed by atoms with Gasteiger partial charge in [-0.05, 0) is 37.1 Å². The Labute approximate surface area is 220 Å². The van der Waals surface area contributed by atoms with E-state index in [2.05, 4.69) is 21.3 Å². The Morgan fingerprint density at radius 3 is 2.35 bits per heavy atom. The summed E-state index contributed by atoms with van der Waals surface area (Å²) < 4.78 is 5.49. The van der Waals surface area contributed by atoms with Crippen molar-refractivity contribution >= 4 is 35.4 Å². The summed E-state index contributed by atoms with van der Waals surface area (Å²) >= 11 is 1.88. The first-order valence-corrected chi connectivity index (χ1v) is 13.6. The van der Waals surface area contributed by atoms with Crippen LogP contribution in [-0.2, 0) is 9.59 Å². The molecule has 0 saturated carbocycles. The van der Waals surface area contributed by atoms with Crippen molar-refractivity contribution in [3.63, 3.8) is 0 Å². The zero-order chi connectivity index (χ0) is 26.0. The second-order valence-electron chi connectivity index (χ2n) is 9.08. The van der Waals surface area contributed by atoms with E-state index in [1.807, 2.05) is 30.0 Å². The average molecular weight is 525 g/mol. The highest BCUT2D eigenvalue weighted by molar-refractivity contribution is 8.00. The second-order valence-corrected chi connectivity index (χ2v) is 10.3. The van der Waals surface area contributed by atoms with Gasteiger partial charge in [0.1, 0.15) is 5.75 Å². The Kier molecular flexibility index (Phi) is 9.42. The minimum atomic E-state index is -0.292. The van der Waals surface area contributed by atoms with E-state index in [-0.39, 0.29) is 42.3 Å².